The van der Waals surface area contributed by atoms with E-state index in [4.69, 9.17) is 0 Å². The molecule has 0 spiro atoms. The number of quaternary nitrogens is 1. The molecule has 0 fully saturated rings. The lowest BCUT2D eigenvalue weighted by atomic mass is 10.1. The van der Waals surface area contributed by atoms with Gasteiger partial charge in [-0.3, -0.25) is 0 Å². The Hall–Kier alpha value is -0.930. The molecule has 1 N–H and O–H groups in total. The second-order valence-electron chi connectivity index (χ2n) is 3.79. The van der Waals surface area contributed by atoms with Gasteiger partial charge in [-0.25, -0.2) is 4.98 Å². The minimum Gasteiger partial charge on any atom is -0.627 e. The molecule has 1 aromatic rings. The van der Waals surface area contributed by atoms with Crippen molar-refractivity contribution in [2.75, 3.05) is 0 Å². The first-order chi connectivity index (χ1) is 5.52. The molecule has 12 heavy (non-hydrogen) atoms. The highest BCUT2D eigenvalue weighted by atomic mass is 16.5. The third-order valence-corrected chi connectivity index (χ3v) is 1.58. The van der Waals surface area contributed by atoms with Crippen molar-refractivity contribution in [3.05, 3.63) is 29.6 Å². The molecular formula is C9H14N2O. The van der Waals surface area contributed by atoms with Gasteiger partial charge < -0.3 is 10.3 Å². The van der Waals surface area contributed by atoms with Crippen LogP contribution in [0.5, 0.6) is 0 Å². The molecule has 3 nitrogen and oxygen atoms in total. The van der Waals surface area contributed by atoms with Crippen molar-refractivity contribution >= 4 is 5.82 Å². The van der Waals surface area contributed by atoms with E-state index in [9.17, 15) is 5.21 Å². The average molecular weight is 166 g/mol. The number of nitrogens with one attached hydrogen (secondary N) is 1. The Kier molecular flexibility index (Phi) is 2.45. The fourth-order valence-corrected chi connectivity index (χ4v) is 0.881. The number of rotatable bonds is 1. The van der Waals surface area contributed by atoms with Crippen LogP contribution in [0.2, 0.25) is 0 Å². The molecule has 1 rings (SSSR count). The molecule has 0 saturated carbocycles. The molecule has 0 bridgehead atoms. The number of hydrogen-bond donors (Lipinski definition) is 1. The zero-order valence-electron chi connectivity index (χ0n) is 7.66. The summed E-state index contributed by atoms with van der Waals surface area (Å²) in [5.41, 5.74) is -0.339. The molecule has 0 aliphatic rings. The topological polar surface area (TPSA) is 40.4 Å². The molecule has 1 atom stereocenters. The fourth-order valence-electron chi connectivity index (χ4n) is 0.881. The Morgan fingerprint density at radius 2 is 2.00 bits per heavy atom. The average Bonchev–Trinajstić information content (AvgIpc) is 2.03. The van der Waals surface area contributed by atoms with Crippen LogP contribution in [0.1, 0.15) is 20.8 Å². The second kappa shape index (κ2) is 3.21. The summed E-state index contributed by atoms with van der Waals surface area (Å²) in [6, 6.07) is 5.37. The standard InChI is InChI=1S/C9H14N2O/c1-9(2,3)11(12)8-6-4-5-7-10-8/h4-7,11H,1-3H3. The van der Waals surface area contributed by atoms with Crippen LogP contribution < -0.4 is 5.06 Å². The second-order valence-corrected chi connectivity index (χ2v) is 3.79. The molecule has 1 heterocycles. The first-order valence-electron chi connectivity index (χ1n) is 3.97. The van der Waals surface area contributed by atoms with Crippen molar-refractivity contribution in [2.24, 2.45) is 0 Å². The zero-order valence-corrected chi connectivity index (χ0v) is 7.66. The third kappa shape index (κ3) is 2.03. The number of hydrogen-bond acceptors (Lipinski definition) is 2. The summed E-state index contributed by atoms with van der Waals surface area (Å²) < 4.78 is 0. The maximum Gasteiger partial charge on any atom is 0.226 e. The molecule has 3 heteroatoms. The zero-order chi connectivity index (χ0) is 9.19. The van der Waals surface area contributed by atoms with Crippen LogP contribution in [-0.2, 0) is 0 Å². The van der Waals surface area contributed by atoms with Crippen LogP contribution in [0.25, 0.3) is 0 Å². The predicted molar refractivity (Wildman–Crippen MR) is 48.0 cm³/mol. The van der Waals surface area contributed by atoms with Crippen molar-refractivity contribution < 1.29 is 5.06 Å². The van der Waals surface area contributed by atoms with Gasteiger partial charge in [0.1, 0.15) is 0 Å². The number of nitrogens with zero attached hydrogens (tertiary/aromatic N) is 1. The van der Waals surface area contributed by atoms with Gasteiger partial charge in [0.25, 0.3) is 0 Å². The van der Waals surface area contributed by atoms with E-state index >= 15 is 0 Å². The highest BCUT2D eigenvalue weighted by Gasteiger charge is 2.20. The van der Waals surface area contributed by atoms with Gasteiger partial charge in [-0.2, -0.15) is 0 Å². The molecule has 0 aliphatic carbocycles. The van der Waals surface area contributed by atoms with Gasteiger partial charge in [-0.1, -0.05) is 6.07 Å². The van der Waals surface area contributed by atoms with Crippen molar-refractivity contribution in [1.82, 2.24) is 4.98 Å². The summed E-state index contributed by atoms with van der Waals surface area (Å²) in [7, 11) is 0. The molecule has 0 amide bonds. The van der Waals surface area contributed by atoms with Crippen LogP contribution in [0.3, 0.4) is 0 Å². The lowest BCUT2D eigenvalue weighted by molar-refractivity contribution is -0.834. The van der Waals surface area contributed by atoms with Gasteiger partial charge in [0.2, 0.25) is 5.82 Å². The molecule has 0 aromatic carbocycles. The van der Waals surface area contributed by atoms with Crippen molar-refractivity contribution in [3.8, 4) is 0 Å². The predicted octanol–water partition coefficient (Wildman–Crippen LogP) is 0.894. The van der Waals surface area contributed by atoms with E-state index < -0.39 is 0 Å². The number of pyridine rings is 1. The smallest absolute Gasteiger partial charge is 0.226 e. The van der Waals surface area contributed by atoms with E-state index in [0.29, 0.717) is 5.82 Å². The summed E-state index contributed by atoms with van der Waals surface area (Å²) in [5, 5.41) is 11.7. The van der Waals surface area contributed by atoms with Crippen LogP contribution >= 0.6 is 0 Å². The van der Waals surface area contributed by atoms with Crippen LogP contribution in [-0.4, -0.2) is 10.5 Å². The molecule has 1 unspecified atom stereocenters. The Morgan fingerprint density at radius 1 is 1.33 bits per heavy atom. The van der Waals surface area contributed by atoms with Gasteiger partial charge in [0.05, 0.1) is 5.54 Å². The SMILES string of the molecule is CC(C)(C)[NH+]([O-])c1ccccn1. The lowest BCUT2D eigenvalue weighted by Gasteiger charge is -2.33. The minimum absolute atomic E-state index is 0.0862. The Morgan fingerprint density at radius 3 is 2.42 bits per heavy atom. The van der Waals surface area contributed by atoms with E-state index in [1.54, 1.807) is 18.3 Å². The maximum atomic E-state index is 11.6. The van der Waals surface area contributed by atoms with Gasteiger partial charge in [-0.15, -0.1) is 0 Å². The highest BCUT2D eigenvalue weighted by Crippen LogP contribution is 2.00. The molecule has 0 aliphatic heterocycles. The van der Waals surface area contributed by atoms with E-state index in [1.165, 1.54) is 0 Å². The first kappa shape index (κ1) is 9.16. The molecule has 1 aromatic heterocycles. The molecule has 0 radical (unpaired) electrons. The normalized spacial score (nSPS) is 14.3. The van der Waals surface area contributed by atoms with Crippen molar-refractivity contribution in [3.63, 3.8) is 0 Å². The Balaban J connectivity index is 2.86. The van der Waals surface area contributed by atoms with E-state index in [2.05, 4.69) is 4.98 Å². The largest absolute Gasteiger partial charge is 0.627 e. The Bertz CT molecular complexity index is 240. The quantitative estimate of drug-likeness (QED) is 0.629. The van der Waals surface area contributed by atoms with Crippen molar-refractivity contribution in [1.29, 1.82) is 0 Å². The van der Waals surface area contributed by atoms with Gasteiger partial charge in [-0.05, 0) is 26.8 Å². The fraction of sp³-hybridized carbons (Fsp3) is 0.444. The maximum absolute atomic E-state index is 11.6. The molecule has 66 valence electrons. The van der Waals surface area contributed by atoms with E-state index in [0.717, 1.165) is 0 Å². The Labute approximate surface area is 72.6 Å². The molecule has 0 saturated heterocycles. The van der Waals surface area contributed by atoms with Crippen molar-refractivity contribution in [2.45, 2.75) is 26.3 Å². The lowest BCUT2D eigenvalue weighted by Crippen LogP contribution is -3.10. The van der Waals surface area contributed by atoms with Gasteiger partial charge in [0, 0.05) is 12.3 Å². The van der Waals surface area contributed by atoms with Crippen LogP contribution in [0.4, 0.5) is 5.82 Å². The summed E-state index contributed by atoms with van der Waals surface area (Å²) in [6.45, 7) is 5.68. The summed E-state index contributed by atoms with van der Waals surface area (Å²) in [6.07, 6.45) is 1.64. The minimum atomic E-state index is -0.339. The van der Waals surface area contributed by atoms with E-state index in [1.807, 2.05) is 26.8 Å². The highest BCUT2D eigenvalue weighted by molar-refractivity contribution is 5.17. The van der Waals surface area contributed by atoms with E-state index in [-0.39, 0.29) is 10.6 Å². The van der Waals surface area contributed by atoms with Crippen LogP contribution in [0, 0.1) is 5.21 Å². The number of aromatic nitrogens is 1. The molecular weight excluding hydrogens is 152 g/mol. The van der Waals surface area contributed by atoms with Gasteiger partial charge in [0.15, 0.2) is 0 Å². The summed E-state index contributed by atoms with van der Waals surface area (Å²) >= 11 is 0. The first-order valence-corrected chi connectivity index (χ1v) is 3.97. The van der Waals surface area contributed by atoms with Crippen LogP contribution in [0.15, 0.2) is 24.4 Å². The third-order valence-electron chi connectivity index (χ3n) is 1.58. The summed E-state index contributed by atoms with van der Waals surface area (Å²) in [4.78, 5) is 4.00. The monoisotopic (exact) mass is 166 g/mol. The van der Waals surface area contributed by atoms with Gasteiger partial charge >= 0.3 is 0 Å². The number of hydroxylamine groups is 1. The summed E-state index contributed by atoms with van der Waals surface area (Å²) in [5.74, 6) is 0.546.